The molecule has 0 aromatic heterocycles. The summed E-state index contributed by atoms with van der Waals surface area (Å²) in [5.41, 5.74) is 2.01. The first kappa shape index (κ1) is 21.2. The molecule has 0 bridgehead atoms. The van der Waals surface area contributed by atoms with Gasteiger partial charge in [0.2, 0.25) is 0 Å². The van der Waals surface area contributed by atoms with E-state index in [0.717, 1.165) is 23.3 Å². The highest BCUT2D eigenvalue weighted by atomic mass is 19.4. The molecule has 2 rings (SSSR count). The van der Waals surface area contributed by atoms with Crippen LogP contribution in [0.15, 0.2) is 48.5 Å². The molecule has 6 nitrogen and oxygen atoms in total. The summed E-state index contributed by atoms with van der Waals surface area (Å²) in [6, 6.07) is 11.9. The van der Waals surface area contributed by atoms with Gasteiger partial charge in [-0.05, 0) is 42.3 Å². The van der Waals surface area contributed by atoms with E-state index in [9.17, 15) is 22.8 Å². The zero-order valence-electron chi connectivity index (χ0n) is 15.2. The van der Waals surface area contributed by atoms with Gasteiger partial charge in [0.1, 0.15) is 5.75 Å². The summed E-state index contributed by atoms with van der Waals surface area (Å²) < 4.78 is 45.5. The average Bonchev–Trinajstić information content (AvgIpc) is 2.63. The lowest BCUT2D eigenvalue weighted by molar-refractivity contribution is -0.274. The maximum absolute atomic E-state index is 12.1. The van der Waals surface area contributed by atoms with Crippen LogP contribution in [0.25, 0.3) is 0 Å². The van der Waals surface area contributed by atoms with Crippen molar-refractivity contribution < 1.29 is 32.2 Å². The Kier molecular flexibility index (Phi) is 7.00. The molecule has 0 fully saturated rings. The molecule has 2 N–H and O–H groups in total. The first-order valence-corrected chi connectivity index (χ1v) is 8.23. The Balaban J connectivity index is 1.90. The standard InChI is InChI=1S/C19H19F3N2O4/c1-12-5-3-4-6-15(12)16(27-2)11-23-17(25)18(26)24-13-7-9-14(10-8-13)28-19(20,21)22/h3-10,16H,11H2,1-2H3,(H,23,25)(H,24,26)/t16-/m0/s1. The van der Waals surface area contributed by atoms with E-state index in [1.807, 2.05) is 31.2 Å². The molecule has 2 aromatic carbocycles. The normalized spacial score (nSPS) is 12.2. The molecular weight excluding hydrogens is 377 g/mol. The SMILES string of the molecule is CO[C@@H](CNC(=O)C(=O)Nc1ccc(OC(F)(F)F)cc1)c1ccccc1C. The Morgan fingerprint density at radius 1 is 1.04 bits per heavy atom. The molecule has 28 heavy (non-hydrogen) atoms. The molecule has 2 amide bonds. The molecule has 0 unspecified atom stereocenters. The molecular formula is C19H19F3N2O4. The Hall–Kier alpha value is -3.07. The second-order valence-electron chi connectivity index (χ2n) is 5.82. The van der Waals surface area contributed by atoms with Crippen molar-refractivity contribution in [1.82, 2.24) is 5.32 Å². The van der Waals surface area contributed by atoms with Crippen LogP contribution >= 0.6 is 0 Å². The highest BCUT2D eigenvalue weighted by Gasteiger charge is 2.31. The maximum atomic E-state index is 12.1. The lowest BCUT2D eigenvalue weighted by Gasteiger charge is -2.18. The number of methoxy groups -OCH3 is 1. The van der Waals surface area contributed by atoms with Crippen LogP contribution in [-0.4, -0.2) is 31.8 Å². The van der Waals surface area contributed by atoms with Crippen molar-refractivity contribution in [2.45, 2.75) is 19.4 Å². The van der Waals surface area contributed by atoms with E-state index in [-0.39, 0.29) is 12.2 Å². The van der Waals surface area contributed by atoms with E-state index in [1.165, 1.54) is 19.2 Å². The lowest BCUT2D eigenvalue weighted by atomic mass is 10.0. The fourth-order valence-electron chi connectivity index (χ4n) is 2.46. The Morgan fingerprint density at radius 2 is 1.68 bits per heavy atom. The predicted molar refractivity (Wildman–Crippen MR) is 95.7 cm³/mol. The largest absolute Gasteiger partial charge is 0.573 e. The lowest BCUT2D eigenvalue weighted by Crippen LogP contribution is -2.38. The number of hydrogen-bond acceptors (Lipinski definition) is 4. The van der Waals surface area contributed by atoms with Gasteiger partial charge in [0.25, 0.3) is 0 Å². The van der Waals surface area contributed by atoms with Crippen molar-refractivity contribution in [3.63, 3.8) is 0 Å². The summed E-state index contributed by atoms with van der Waals surface area (Å²) in [4.78, 5) is 23.9. The molecule has 9 heteroatoms. The topological polar surface area (TPSA) is 76.7 Å². The predicted octanol–water partition coefficient (Wildman–Crippen LogP) is 3.34. The minimum Gasteiger partial charge on any atom is -0.406 e. The van der Waals surface area contributed by atoms with E-state index in [4.69, 9.17) is 4.74 Å². The van der Waals surface area contributed by atoms with E-state index in [1.54, 1.807) is 0 Å². The molecule has 0 aliphatic heterocycles. The van der Waals surface area contributed by atoms with Crippen LogP contribution in [0.3, 0.4) is 0 Å². The van der Waals surface area contributed by atoms with Crippen molar-refractivity contribution in [1.29, 1.82) is 0 Å². The number of carbonyl (C=O) groups excluding carboxylic acids is 2. The summed E-state index contributed by atoms with van der Waals surface area (Å²) in [7, 11) is 1.49. The fraction of sp³-hybridized carbons (Fsp3) is 0.263. The van der Waals surface area contributed by atoms with E-state index in [2.05, 4.69) is 15.4 Å². The third-order valence-electron chi connectivity index (χ3n) is 3.82. The molecule has 0 aliphatic rings. The molecule has 0 radical (unpaired) electrons. The van der Waals surface area contributed by atoms with Gasteiger partial charge in [-0.15, -0.1) is 13.2 Å². The number of amides is 2. The van der Waals surface area contributed by atoms with E-state index >= 15 is 0 Å². The van der Waals surface area contributed by atoms with Crippen molar-refractivity contribution in [2.75, 3.05) is 19.0 Å². The van der Waals surface area contributed by atoms with Crippen LogP contribution < -0.4 is 15.4 Å². The van der Waals surface area contributed by atoms with E-state index < -0.39 is 30.0 Å². The summed E-state index contributed by atoms with van der Waals surface area (Å²) in [6.07, 6.45) is -5.24. The van der Waals surface area contributed by atoms with Gasteiger partial charge >= 0.3 is 18.2 Å². The van der Waals surface area contributed by atoms with Gasteiger partial charge in [0, 0.05) is 19.3 Å². The number of carbonyl (C=O) groups is 2. The first-order valence-electron chi connectivity index (χ1n) is 8.23. The van der Waals surface area contributed by atoms with Crippen molar-refractivity contribution in [3.05, 3.63) is 59.7 Å². The number of alkyl halides is 3. The summed E-state index contributed by atoms with van der Waals surface area (Å²) in [5.74, 6) is -2.29. The second-order valence-corrected chi connectivity index (χ2v) is 5.82. The highest BCUT2D eigenvalue weighted by molar-refractivity contribution is 6.39. The molecule has 2 aromatic rings. The number of halogens is 3. The Labute approximate surface area is 159 Å². The third kappa shape index (κ3) is 6.27. The molecule has 0 saturated carbocycles. The van der Waals surface area contributed by atoms with Crippen LogP contribution in [-0.2, 0) is 14.3 Å². The number of rotatable bonds is 6. The zero-order chi connectivity index (χ0) is 20.7. The zero-order valence-corrected chi connectivity index (χ0v) is 15.2. The van der Waals surface area contributed by atoms with Crippen LogP contribution in [0.5, 0.6) is 5.75 Å². The second kappa shape index (κ2) is 9.23. The number of benzene rings is 2. The quantitative estimate of drug-likeness (QED) is 0.735. The van der Waals surface area contributed by atoms with Crippen LogP contribution in [0.1, 0.15) is 17.2 Å². The van der Waals surface area contributed by atoms with Gasteiger partial charge in [0.15, 0.2) is 0 Å². The van der Waals surface area contributed by atoms with Gasteiger partial charge < -0.3 is 20.1 Å². The Bertz CT molecular complexity index is 823. The van der Waals surface area contributed by atoms with Crippen molar-refractivity contribution in [3.8, 4) is 5.75 Å². The number of anilines is 1. The molecule has 0 aliphatic carbocycles. The maximum Gasteiger partial charge on any atom is 0.573 e. The van der Waals surface area contributed by atoms with Gasteiger partial charge in [-0.25, -0.2) is 0 Å². The Morgan fingerprint density at radius 3 is 2.25 bits per heavy atom. The summed E-state index contributed by atoms with van der Waals surface area (Å²) in [6.45, 7) is 1.98. The van der Waals surface area contributed by atoms with Crippen LogP contribution in [0.2, 0.25) is 0 Å². The smallest absolute Gasteiger partial charge is 0.406 e. The molecule has 0 spiro atoms. The molecule has 1 atom stereocenters. The van der Waals surface area contributed by atoms with Crippen LogP contribution in [0, 0.1) is 6.92 Å². The fourth-order valence-corrected chi connectivity index (χ4v) is 2.46. The monoisotopic (exact) mass is 396 g/mol. The average molecular weight is 396 g/mol. The van der Waals surface area contributed by atoms with Crippen LogP contribution in [0.4, 0.5) is 18.9 Å². The van der Waals surface area contributed by atoms with Crippen molar-refractivity contribution >= 4 is 17.5 Å². The van der Waals surface area contributed by atoms with Gasteiger partial charge in [-0.2, -0.15) is 0 Å². The molecule has 0 saturated heterocycles. The summed E-state index contributed by atoms with van der Waals surface area (Å²) in [5, 5.41) is 4.77. The van der Waals surface area contributed by atoms with Gasteiger partial charge in [-0.3, -0.25) is 9.59 Å². The number of nitrogens with one attached hydrogen (secondary N) is 2. The number of hydrogen-bond donors (Lipinski definition) is 2. The van der Waals surface area contributed by atoms with E-state index in [0.29, 0.717) is 0 Å². The third-order valence-corrected chi connectivity index (χ3v) is 3.82. The molecule has 150 valence electrons. The molecule has 0 heterocycles. The number of aryl methyl sites for hydroxylation is 1. The highest BCUT2D eigenvalue weighted by Crippen LogP contribution is 2.24. The van der Waals surface area contributed by atoms with Gasteiger partial charge in [0.05, 0.1) is 6.10 Å². The van der Waals surface area contributed by atoms with Gasteiger partial charge in [-0.1, -0.05) is 24.3 Å². The minimum atomic E-state index is -4.81. The minimum absolute atomic E-state index is 0.0754. The number of ether oxygens (including phenoxy) is 2. The van der Waals surface area contributed by atoms with Crippen molar-refractivity contribution in [2.24, 2.45) is 0 Å². The summed E-state index contributed by atoms with van der Waals surface area (Å²) >= 11 is 0. The first-order chi connectivity index (χ1) is 13.2.